The molecule has 0 rings (SSSR count). The third-order valence-electron chi connectivity index (χ3n) is 8.83. The smallest absolute Gasteiger partial charge is 0.0654 e. The van der Waals surface area contributed by atoms with Crippen molar-refractivity contribution in [1.82, 2.24) is 0 Å². The van der Waals surface area contributed by atoms with E-state index < -0.39 is 22.4 Å². The molecule has 2 atom stereocenters. The van der Waals surface area contributed by atoms with E-state index in [4.69, 9.17) is 0 Å². The molecule has 0 saturated heterocycles. The zero-order chi connectivity index (χ0) is 41.6. The molecule has 300 valence electrons. The molecule has 0 aliphatic heterocycles. The van der Waals surface area contributed by atoms with Crippen LogP contribution in [0.15, 0.2) is 155 Å². The van der Waals surface area contributed by atoms with Crippen molar-refractivity contribution in [2.45, 2.75) is 145 Å². The quantitative estimate of drug-likeness (QED) is 0.0833. The summed E-state index contributed by atoms with van der Waals surface area (Å²) in [5.41, 5.74) is 3.60. The van der Waals surface area contributed by atoms with Crippen LogP contribution < -0.4 is 0 Å². The van der Waals surface area contributed by atoms with Gasteiger partial charge in [-0.2, -0.15) is 0 Å². The first-order chi connectivity index (χ1) is 24.8. The van der Waals surface area contributed by atoms with E-state index in [2.05, 4.69) is 113 Å². The highest BCUT2D eigenvalue weighted by Gasteiger charge is 2.27. The second-order valence-corrected chi connectivity index (χ2v) is 17.2. The minimum atomic E-state index is -0.848. The van der Waals surface area contributed by atoms with Gasteiger partial charge in [0.1, 0.15) is 0 Å². The molecule has 4 N–H and O–H groups in total. The lowest BCUT2D eigenvalue weighted by molar-refractivity contribution is 0.0131. The molecule has 0 bridgehead atoms. The standard InChI is InChI=1S/C50H76O4/c1-39(23-17-25-41(3)27-19-29-43(5)31-33-45(49(11,12)53)35-37-47(7,8)51)21-15-16-22-40(2)24-18-26-42(4)28-20-30-44(6)32-34-46(50(13,14)54)36-38-48(9,10)52/h15-34,45-46,51-54H,35-38H2,1-14H3/b16-15+,23-17+,24-18+,27-19+,28-20?,33-31+,34-32?,39-21+,40-22+,41-25+,42-26+,43-29+,44-30?/t45-,46-/m1/s1. The number of allylic oxidation sites excluding steroid dienone is 24. The van der Waals surface area contributed by atoms with Crippen LogP contribution in [0.1, 0.15) is 123 Å². The molecule has 4 nitrogen and oxygen atoms in total. The molecule has 0 saturated carbocycles. The minimum Gasteiger partial charge on any atom is -0.390 e. The fourth-order valence-electron chi connectivity index (χ4n) is 5.08. The topological polar surface area (TPSA) is 80.9 Å². The minimum absolute atomic E-state index is 0.0384. The van der Waals surface area contributed by atoms with Crippen molar-refractivity contribution < 1.29 is 20.4 Å². The Kier molecular flexibility index (Phi) is 23.2. The number of hydrogen-bond donors (Lipinski definition) is 4. The third kappa shape index (κ3) is 28.9. The van der Waals surface area contributed by atoms with Gasteiger partial charge in [-0.3, -0.25) is 0 Å². The summed E-state index contributed by atoms with van der Waals surface area (Å²) in [6.07, 6.45) is 44.0. The number of aliphatic hydroxyl groups is 4. The summed E-state index contributed by atoms with van der Waals surface area (Å²) in [6.45, 7) is 26.9. The van der Waals surface area contributed by atoms with Gasteiger partial charge in [-0.1, -0.05) is 155 Å². The van der Waals surface area contributed by atoms with Crippen LogP contribution in [0.2, 0.25) is 0 Å². The highest BCUT2D eigenvalue weighted by Crippen LogP contribution is 2.28. The third-order valence-corrected chi connectivity index (χ3v) is 8.83. The summed E-state index contributed by atoms with van der Waals surface area (Å²) >= 11 is 0. The van der Waals surface area contributed by atoms with Gasteiger partial charge in [0.2, 0.25) is 0 Å². The lowest BCUT2D eigenvalue weighted by Crippen LogP contribution is -2.31. The highest BCUT2D eigenvalue weighted by molar-refractivity contribution is 5.33. The average Bonchev–Trinajstić information content (AvgIpc) is 3.00. The summed E-state index contributed by atoms with van der Waals surface area (Å²) in [6, 6.07) is 0. The van der Waals surface area contributed by atoms with Gasteiger partial charge in [0.25, 0.3) is 0 Å². The molecule has 0 unspecified atom stereocenters. The van der Waals surface area contributed by atoms with E-state index in [1.54, 1.807) is 27.7 Å². The molecule has 0 aromatic rings. The molecule has 54 heavy (non-hydrogen) atoms. The molecule has 0 aromatic heterocycles. The molecule has 0 aliphatic rings. The zero-order valence-electron chi connectivity index (χ0n) is 36.3. The van der Waals surface area contributed by atoms with Gasteiger partial charge < -0.3 is 20.4 Å². The van der Waals surface area contributed by atoms with Gasteiger partial charge in [0, 0.05) is 11.8 Å². The van der Waals surface area contributed by atoms with Gasteiger partial charge in [0.05, 0.1) is 22.4 Å². The Balaban J connectivity index is 5.09. The maximum Gasteiger partial charge on any atom is 0.0654 e. The fourth-order valence-corrected chi connectivity index (χ4v) is 5.08. The average molecular weight is 741 g/mol. The van der Waals surface area contributed by atoms with Gasteiger partial charge in [-0.25, -0.2) is 0 Å². The molecule has 0 heterocycles. The molecule has 0 spiro atoms. The van der Waals surface area contributed by atoms with Crippen LogP contribution in [0.25, 0.3) is 0 Å². The van der Waals surface area contributed by atoms with E-state index in [0.29, 0.717) is 25.7 Å². The Morgan fingerprint density at radius 2 is 0.593 bits per heavy atom. The van der Waals surface area contributed by atoms with E-state index in [1.807, 2.05) is 78.0 Å². The van der Waals surface area contributed by atoms with Crippen molar-refractivity contribution in [2.24, 2.45) is 11.8 Å². The Morgan fingerprint density at radius 1 is 0.370 bits per heavy atom. The summed E-state index contributed by atoms with van der Waals surface area (Å²) in [7, 11) is 0. The van der Waals surface area contributed by atoms with Gasteiger partial charge in [0.15, 0.2) is 0 Å². The van der Waals surface area contributed by atoms with Crippen molar-refractivity contribution in [3.05, 3.63) is 155 Å². The summed E-state index contributed by atoms with van der Waals surface area (Å²) in [5.74, 6) is -0.0768. The lowest BCUT2D eigenvalue weighted by Gasteiger charge is -2.29. The van der Waals surface area contributed by atoms with Crippen LogP contribution in [0.5, 0.6) is 0 Å². The van der Waals surface area contributed by atoms with Crippen molar-refractivity contribution in [3.63, 3.8) is 0 Å². The van der Waals surface area contributed by atoms with Crippen LogP contribution in [-0.4, -0.2) is 42.8 Å². The SMILES string of the molecule is CC(C=C[C@H](CCC(C)(C)O)C(C)(C)O)=CC=C/C(C)=C/C=C/C(C)=C/C=C/C=C(C)/C=C/C=C(C)/C=C/C=C(C)/C=C/[C@H](CCC(C)(C)O)C(C)(C)O. The van der Waals surface area contributed by atoms with Gasteiger partial charge in [-0.15, -0.1) is 0 Å². The van der Waals surface area contributed by atoms with Crippen molar-refractivity contribution in [3.8, 4) is 0 Å². The molecule has 0 aromatic carbocycles. The molecular weight excluding hydrogens is 665 g/mol. The van der Waals surface area contributed by atoms with Crippen molar-refractivity contribution in [2.75, 3.05) is 0 Å². The van der Waals surface area contributed by atoms with Gasteiger partial charge in [-0.05, 0) is 123 Å². The molecule has 0 fully saturated rings. The predicted octanol–water partition coefficient (Wildman–Crippen LogP) is 12.4. The first-order valence-corrected chi connectivity index (χ1v) is 19.5. The lowest BCUT2D eigenvalue weighted by atomic mass is 9.83. The normalized spacial score (nSPS) is 17.4. The zero-order valence-corrected chi connectivity index (χ0v) is 36.3. The second-order valence-electron chi connectivity index (χ2n) is 17.2. The monoisotopic (exact) mass is 741 g/mol. The summed E-state index contributed by atoms with van der Waals surface area (Å²) in [4.78, 5) is 0. The molecule has 0 amide bonds. The molecule has 4 heteroatoms. The van der Waals surface area contributed by atoms with Crippen LogP contribution >= 0.6 is 0 Å². The first kappa shape index (κ1) is 50.5. The second kappa shape index (κ2) is 24.8. The summed E-state index contributed by atoms with van der Waals surface area (Å²) < 4.78 is 0. The maximum atomic E-state index is 10.6. The van der Waals surface area contributed by atoms with E-state index in [0.717, 1.165) is 33.4 Å². The largest absolute Gasteiger partial charge is 0.390 e. The van der Waals surface area contributed by atoms with Gasteiger partial charge >= 0.3 is 0 Å². The van der Waals surface area contributed by atoms with E-state index in [1.165, 1.54) is 0 Å². The Morgan fingerprint density at radius 3 is 0.815 bits per heavy atom. The Hall–Kier alpha value is -3.54. The van der Waals surface area contributed by atoms with Crippen LogP contribution in [-0.2, 0) is 0 Å². The Labute approximate surface area is 331 Å². The highest BCUT2D eigenvalue weighted by atomic mass is 16.3. The maximum absolute atomic E-state index is 10.6. The van der Waals surface area contributed by atoms with Crippen LogP contribution in [0.3, 0.4) is 0 Å². The first-order valence-electron chi connectivity index (χ1n) is 19.5. The number of rotatable bonds is 22. The molecule has 0 aliphatic carbocycles. The van der Waals surface area contributed by atoms with E-state index in [-0.39, 0.29) is 11.8 Å². The molecular formula is C50H76O4. The van der Waals surface area contributed by atoms with Crippen molar-refractivity contribution in [1.29, 1.82) is 0 Å². The van der Waals surface area contributed by atoms with E-state index in [9.17, 15) is 20.4 Å². The van der Waals surface area contributed by atoms with Crippen molar-refractivity contribution >= 4 is 0 Å². The summed E-state index contributed by atoms with van der Waals surface area (Å²) in [5, 5.41) is 41.3. The predicted molar refractivity (Wildman–Crippen MR) is 237 cm³/mol. The Bertz CT molecular complexity index is 1410. The van der Waals surface area contributed by atoms with E-state index >= 15 is 0 Å². The van der Waals surface area contributed by atoms with Crippen LogP contribution in [0.4, 0.5) is 0 Å². The molecule has 0 radical (unpaired) electrons. The fraction of sp³-hybridized carbons (Fsp3) is 0.480. The number of hydrogen-bond acceptors (Lipinski definition) is 4. The van der Waals surface area contributed by atoms with Crippen LogP contribution in [0, 0.1) is 11.8 Å².